The largest absolute Gasteiger partial charge is 0.442 e. The summed E-state index contributed by atoms with van der Waals surface area (Å²) < 4.78 is 35.1. The maximum atomic E-state index is 15.0. The van der Waals surface area contributed by atoms with E-state index in [0.29, 0.717) is 42.9 Å². The summed E-state index contributed by atoms with van der Waals surface area (Å²) >= 11 is 0. The third-order valence-electron chi connectivity index (χ3n) is 5.93. The Bertz CT molecular complexity index is 1130. The van der Waals surface area contributed by atoms with Crippen LogP contribution >= 0.6 is 0 Å². The number of nitrogens with zero attached hydrogens (tertiary/aromatic N) is 3. The molecular formula is C25H24F2N4O3. The van der Waals surface area contributed by atoms with Crippen molar-refractivity contribution in [3.8, 4) is 17.2 Å². The van der Waals surface area contributed by atoms with Crippen LogP contribution in [0.25, 0.3) is 11.1 Å². The van der Waals surface area contributed by atoms with E-state index in [1.165, 1.54) is 30.0 Å². The number of carbonyl (C=O) groups excluding carboxylic acids is 2. The van der Waals surface area contributed by atoms with Crippen LogP contribution in [-0.4, -0.2) is 44.3 Å². The van der Waals surface area contributed by atoms with Gasteiger partial charge in [0.05, 0.1) is 30.5 Å². The number of nitrogens with one attached hydrogen (secondary N) is 1. The summed E-state index contributed by atoms with van der Waals surface area (Å²) in [4.78, 5) is 26.4. The van der Waals surface area contributed by atoms with Gasteiger partial charge in [-0.05, 0) is 54.7 Å². The zero-order valence-electron chi connectivity index (χ0n) is 18.7. The van der Waals surface area contributed by atoms with Crippen molar-refractivity contribution in [3.63, 3.8) is 0 Å². The van der Waals surface area contributed by atoms with Crippen molar-refractivity contribution in [1.29, 1.82) is 5.26 Å². The number of cyclic esters (lactones) is 1. The van der Waals surface area contributed by atoms with Crippen molar-refractivity contribution >= 4 is 23.4 Å². The predicted octanol–water partition coefficient (Wildman–Crippen LogP) is 4.00. The standard InChI is InChI=1S/C25H24F2N4O3/c1-16(32)29-14-20-15-31(25(33)34-20)19-3-4-21(22(26)13-19)18-2-5-24(23(27)12-18)30-10-7-17(6-9-28)8-11-30/h2-5,7,12-13,20H,6,8,10-11,14-15H2,1H3,(H,29,32). The zero-order chi connectivity index (χ0) is 24.2. The predicted molar refractivity (Wildman–Crippen MR) is 123 cm³/mol. The molecule has 2 aliphatic heterocycles. The lowest BCUT2D eigenvalue weighted by atomic mass is 9.93. The summed E-state index contributed by atoms with van der Waals surface area (Å²) in [5.41, 5.74) is 1.35. The van der Waals surface area contributed by atoms with Gasteiger partial charge < -0.3 is 15.0 Å². The van der Waals surface area contributed by atoms with Crippen LogP contribution < -0.4 is 15.1 Å². The Kier molecular flexibility index (Phi) is 6.96. The zero-order valence-corrected chi connectivity index (χ0v) is 18.7. The number of piperidine rings is 1. The van der Waals surface area contributed by atoms with Crippen molar-refractivity contribution < 1.29 is 23.1 Å². The average Bonchev–Trinajstić information content (AvgIpc) is 3.19. The first-order valence-corrected chi connectivity index (χ1v) is 11.0. The highest BCUT2D eigenvalue weighted by Crippen LogP contribution is 2.33. The fourth-order valence-corrected chi connectivity index (χ4v) is 4.13. The number of amides is 2. The topological polar surface area (TPSA) is 85.7 Å². The molecule has 1 atom stereocenters. The Balaban J connectivity index is 1.46. The molecule has 0 bridgehead atoms. The van der Waals surface area contributed by atoms with Gasteiger partial charge in [0.15, 0.2) is 0 Å². The lowest BCUT2D eigenvalue weighted by Crippen LogP contribution is -2.33. The van der Waals surface area contributed by atoms with Crippen molar-refractivity contribution in [3.05, 3.63) is 60.4 Å². The normalized spacial score (nSPS) is 18.5. The fraction of sp³-hybridized carbons (Fsp3) is 0.320. The van der Waals surface area contributed by atoms with Crippen LogP contribution in [-0.2, 0) is 9.53 Å². The van der Waals surface area contributed by atoms with E-state index in [1.807, 2.05) is 11.3 Å². The highest BCUT2D eigenvalue weighted by Gasteiger charge is 2.32. The first-order valence-electron chi connectivity index (χ1n) is 11.0. The molecule has 2 amide bonds. The van der Waals surface area contributed by atoms with E-state index in [2.05, 4.69) is 11.4 Å². The molecule has 0 aromatic heterocycles. The average molecular weight is 466 g/mol. The molecule has 2 aromatic carbocycles. The minimum Gasteiger partial charge on any atom is -0.442 e. The quantitative estimate of drug-likeness (QED) is 0.696. The molecule has 2 fully saturated rings. The maximum absolute atomic E-state index is 15.0. The Morgan fingerprint density at radius 3 is 2.71 bits per heavy atom. The van der Waals surface area contributed by atoms with Gasteiger partial charge in [0.1, 0.15) is 17.7 Å². The van der Waals surface area contributed by atoms with E-state index in [9.17, 15) is 18.4 Å². The van der Waals surface area contributed by atoms with Crippen molar-refractivity contribution in [1.82, 2.24) is 5.32 Å². The molecule has 9 heteroatoms. The first-order chi connectivity index (χ1) is 16.4. The molecule has 176 valence electrons. The SMILES string of the molecule is CC(=O)NCC1CN(c2ccc(-c3ccc(N4C[CH][C](CC#N)CC4)c(F)c3)c(F)c2)C(=O)O1. The van der Waals surface area contributed by atoms with Crippen LogP contribution in [0.1, 0.15) is 19.8 Å². The van der Waals surface area contributed by atoms with Crippen molar-refractivity contribution in [2.24, 2.45) is 0 Å². The van der Waals surface area contributed by atoms with Gasteiger partial charge >= 0.3 is 6.09 Å². The lowest BCUT2D eigenvalue weighted by molar-refractivity contribution is -0.119. The molecule has 2 saturated heterocycles. The number of nitriles is 1. The number of halogens is 2. The van der Waals surface area contributed by atoms with Crippen molar-refractivity contribution in [2.45, 2.75) is 25.9 Å². The molecule has 7 nitrogen and oxygen atoms in total. The molecule has 2 radical (unpaired) electrons. The minimum absolute atomic E-state index is 0.177. The van der Waals surface area contributed by atoms with Gasteiger partial charge in [-0.2, -0.15) is 5.26 Å². The first kappa shape index (κ1) is 23.5. The Morgan fingerprint density at radius 1 is 1.24 bits per heavy atom. The van der Waals surface area contributed by atoms with Crippen LogP contribution in [0, 0.1) is 35.3 Å². The smallest absolute Gasteiger partial charge is 0.414 e. The monoisotopic (exact) mass is 466 g/mol. The molecule has 0 spiro atoms. The van der Waals surface area contributed by atoms with Crippen LogP contribution in [0.5, 0.6) is 0 Å². The minimum atomic E-state index is -0.619. The van der Waals surface area contributed by atoms with Gasteiger partial charge in [0, 0.05) is 32.0 Å². The number of carbonyl (C=O) groups is 2. The number of benzene rings is 2. The fourth-order valence-electron chi connectivity index (χ4n) is 4.13. The maximum Gasteiger partial charge on any atom is 0.414 e. The summed E-state index contributed by atoms with van der Waals surface area (Å²) in [6.07, 6.45) is 1.89. The number of ether oxygens (including phenoxy) is 1. The molecule has 1 unspecified atom stereocenters. The van der Waals surface area contributed by atoms with Gasteiger partial charge in [-0.1, -0.05) is 6.07 Å². The Hall–Kier alpha value is -3.67. The summed E-state index contributed by atoms with van der Waals surface area (Å²) in [5.74, 6) is -0.225. The number of rotatable bonds is 6. The summed E-state index contributed by atoms with van der Waals surface area (Å²) in [6, 6.07) is 11.0. The summed E-state index contributed by atoms with van der Waals surface area (Å²) in [6.45, 7) is 2.86. The van der Waals surface area contributed by atoms with Crippen molar-refractivity contribution in [2.75, 3.05) is 36.0 Å². The Labute approximate surface area is 196 Å². The highest BCUT2D eigenvalue weighted by molar-refractivity contribution is 5.90. The van der Waals surface area contributed by atoms with Crippen LogP contribution in [0.4, 0.5) is 25.0 Å². The van der Waals surface area contributed by atoms with E-state index < -0.39 is 23.8 Å². The second kappa shape index (κ2) is 10.1. The third kappa shape index (κ3) is 5.11. The molecule has 2 aromatic rings. The van der Waals surface area contributed by atoms with Gasteiger partial charge in [-0.3, -0.25) is 9.69 Å². The molecule has 4 rings (SSSR count). The summed E-state index contributed by atoms with van der Waals surface area (Å²) in [7, 11) is 0. The van der Waals surface area contributed by atoms with E-state index >= 15 is 0 Å². The van der Waals surface area contributed by atoms with Crippen LogP contribution in [0.3, 0.4) is 0 Å². The van der Waals surface area contributed by atoms with Crippen LogP contribution in [0.2, 0.25) is 0 Å². The van der Waals surface area contributed by atoms with Gasteiger partial charge in [-0.25, -0.2) is 13.6 Å². The molecular weight excluding hydrogens is 442 g/mol. The molecule has 2 aliphatic rings. The van der Waals surface area contributed by atoms with Gasteiger partial charge in [0.2, 0.25) is 5.91 Å². The van der Waals surface area contributed by atoms with E-state index in [4.69, 9.17) is 10.00 Å². The third-order valence-corrected chi connectivity index (χ3v) is 5.93. The second-order valence-corrected chi connectivity index (χ2v) is 8.28. The lowest BCUT2D eigenvalue weighted by Gasteiger charge is -2.32. The van der Waals surface area contributed by atoms with E-state index in [-0.39, 0.29) is 24.6 Å². The van der Waals surface area contributed by atoms with E-state index in [0.717, 1.165) is 5.92 Å². The van der Waals surface area contributed by atoms with Crippen LogP contribution in [0.15, 0.2) is 36.4 Å². The molecule has 34 heavy (non-hydrogen) atoms. The second-order valence-electron chi connectivity index (χ2n) is 8.28. The molecule has 0 saturated carbocycles. The number of anilines is 2. The van der Waals surface area contributed by atoms with E-state index in [1.54, 1.807) is 18.2 Å². The molecule has 2 heterocycles. The Morgan fingerprint density at radius 2 is 2.06 bits per heavy atom. The molecule has 1 N–H and O–H groups in total. The number of hydrogen-bond donors (Lipinski definition) is 1. The molecule has 0 aliphatic carbocycles. The van der Waals surface area contributed by atoms with Gasteiger partial charge in [0.25, 0.3) is 0 Å². The van der Waals surface area contributed by atoms with Gasteiger partial charge in [-0.15, -0.1) is 0 Å². The summed E-state index contributed by atoms with van der Waals surface area (Å²) in [5, 5.41) is 11.4. The highest BCUT2D eigenvalue weighted by atomic mass is 19.1. The number of hydrogen-bond acceptors (Lipinski definition) is 5.